The molecule has 1 rings (SSSR count). The first-order valence-electron chi connectivity index (χ1n) is 5.53. The number of rotatable bonds is 3. The molecule has 0 unspecified atom stereocenters. The third-order valence-electron chi connectivity index (χ3n) is 2.70. The van der Waals surface area contributed by atoms with Gasteiger partial charge in [0.15, 0.2) is 18.0 Å². The molecule has 1 aliphatic rings. The van der Waals surface area contributed by atoms with Crippen LogP contribution in [-0.4, -0.2) is 53.6 Å². The SMILES string of the molecule is CC(=O)O[C@H]1CO[C@@H](F)[C@](O)(C(C)=O)[C@@H]1OC(C)=O. The molecular weight excluding hydrogens is 263 g/mol. The molecule has 1 aliphatic heterocycles. The minimum atomic E-state index is -2.70. The van der Waals surface area contributed by atoms with Gasteiger partial charge in [0, 0.05) is 13.8 Å². The molecule has 0 aliphatic carbocycles. The van der Waals surface area contributed by atoms with Crippen LogP contribution in [0.5, 0.6) is 0 Å². The number of alkyl halides is 1. The summed E-state index contributed by atoms with van der Waals surface area (Å²) in [6, 6.07) is 0. The van der Waals surface area contributed by atoms with Gasteiger partial charge in [-0.05, 0) is 6.92 Å². The summed E-state index contributed by atoms with van der Waals surface area (Å²) in [5.41, 5.74) is -2.70. The van der Waals surface area contributed by atoms with Crippen LogP contribution in [0.3, 0.4) is 0 Å². The highest BCUT2D eigenvalue weighted by Gasteiger charge is 2.59. The Morgan fingerprint density at radius 1 is 1.21 bits per heavy atom. The molecule has 1 heterocycles. The maximum absolute atomic E-state index is 13.7. The summed E-state index contributed by atoms with van der Waals surface area (Å²) in [6.07, 6.45) is -5.29. The number of ketones is 1. The van der Waals surface area contributed by atoms with Crippen molar-refractivity contribution in [2.24, 2.45) is 0 Å². The van der Waals surface area contributed by atoms with Gasteiger partial charge in [0.1, 0.15) is 0 Å². The van der Waals surface area contributed by atoms with Gasteiger partial charge in [-0.3, -0.25) is 14.4 Å². The molecule has 0 aromatic carbocycles. The van der Waals surface area contributed by atoms with Crippen molar-refractivity contribution in [3.05, 3.63) is 0 Å². The van der Waals surface area contributed by atoms with Crippen LogP contribution < -0.4 is 0 Å². The fourth-order valence-corrected chi connectivity index (χ4v) is 1.82. The van der Waals surface area contributed by atoms with Crippen molar-refractivity contribution in [3.63, 3.8) is 0 Å². The zero-order chi connectivity index (χ0) is 14.8. The van der Waals surface area contributed by atoms with Gasteiger partial charge in [0.25, 0.3) is 0 Å². The van der Waals surface area contributed by atoms with E-state index in [2.05, 4.69) is 4.74 Å². The fraction of sp³-hybridized carbons (Fsp3) is 0.727. The lowest BCUT2D eigenvalue weighted by molar-refractivity contribution is -0.274. The molecule has 4 atom stereocenters. The smallest absolute Gasteiger partial charge is 0.303 e. The Labute approximate surface area is 108 Å². The number of halogens is 1. The van der Waals surface area contributed by atoms with E-state index in [1.165, 1.54) is 0 Å². The van der Waals surface area contributed by atoms with E-state index >= 15 is 0 Å². The second-order valence-corrected chi connectivity index (χ2v) is 4.21. The van der Waals surface area contributed by atoms with Crippen molar-refractivity contribution in [3.8, 4) is 0 Å². The van der Waals surface area contributed by atoms with Crippen molar-refractivity contribution in [1.82, 2.24) is 0 Å². The molecule has 0 amide bonds. The molecule has 1 fully saturated rings. The lowest BCUT2D eigenvalue weighted by Gasteiger charge is -2.42. The van der Waals surface area contributed by atoms with Crippen LogP contribution in [0, 0.1) is 0 Å². The van der Waals surface area contributed by atoms with Gasteiger partial charge in [0.2, 0.25) is 12.0 Å². The second kappa shape index (κ2) is 5.62. The molecule has 0 aromatic rings. The van der Waals surface area contributed by atoms with E-state index < -0.39 is 48.5 Å². The fourth-order valence-electron chi connectivity index (χ4n) is 1.82. The van der Waals surface area contributed by atoms with E-state index in [0.29, 0.717) is 0 Å². The average molecular weight is 278 g/mol. The van der Waals surface area contributed by atoms with Crippen LogP contribution >= 0.6 is 0 Å². The Morgan fingerprint density at radius 3 is 2.16 bits per heavy atom. The predicted octanol–water partition coefficient (Wildman–Crippen LogP) is -0.504. The Balaban J connectivity index is 3.11. The molecule has 1 saturated heterocycles. The second-order valence-electron chi connectivity index (χ2n) is 4.21. The largest absolute Gasteiger partial charge is 0.456 e. The standard InChI is InChI=1S/C11H15FO7/c1-5(13)11(16)9(19-7(3)15)8(18-6(2)14)4-17-10(11)12/h8-10,16H,4H2,1-3H3/t8-,9+,10+,11-/m0/s1. The molecule has 7 nitrogen and oxygen atoms in total. The molecule has 8 heteroatoms. The third kappa shape index (κ3) is 3.07. The van der Waals surface area contributed by atoms with Crippen molar-refractivity contribution in [1.29, 1.82) is 0 Å². The van der Waals surface area contributed by atoms with E-state index in [1.54, 1.807) is 0 Å². The van der Waals surface area contributed by atoms with Crippen LogP contribution in [0.1, 0.15) is 20.8 Å². The molecule has 0 aromatic heterocycles. The van der Waals surface area contributed by atoms with E-state index in [9.17, 15) is 23.9 Å². The Morgan fingerprint density at radius 2 is 1.74 bits per heavy atom. The molecule has 0 spiro atoms. The number of Topliss-reactive ketones (excluding diaryl/α,β-unsaturated/α-hetero) is 1. The van der Waals surface area contributed by atoms with Gasteiger partial charge < -0.3 is 19.3 Å². The minimum Gasteiger partial charge on any atom is -0.456 e. The quantitative estimate of drug-likeness (QED) is 0.694. The highest BCUT2D eigenvalue weighted by Crippen LogP contribution is 2.32. The molecule has 108 valence electrons. The minimum absolute atomic E-state index is 0.436. The van der Waals surface area contributed by atoms with Gasteiger partial charge >= 0.3 is 11.9 Å². The first-order chi connectivity index (χ1) is 8.69. The summed E-state index contributed by atoms with van der Waals surface area (Å²) in [5, 5.41) is 10.1. The van der Waals surface area contributed by atoms with Crippen molar-refractivity contribution < 1.29 is 38.1 Å². The number of carbonyl (C=O) groups excluding carboxylic acids is 3. The van der Waals surface area contributed by atoms with Crippen LogP contribution in [-0.2, 0) is 28.6 Å². The molecular formula is C11H15FO7. The van der Waals surface area contributed by atoms with Crippen LogP contribution in [0.2, 0.25) is 0 Å². The Hall–Kier alpha value is -1.54. The van der Waals surface area contributed by atoms with Crippen LogP contribution in [0.15, 0.2) is 0 Å². The number of hydrogen-bond donors (Lipinski definition) is 1. The van der Waals surface area contributed by atoms with Crippen LogP contribution in [0.25, 0.3) is 0 Å². The lowest BCUT2D eigenvalue weighted by atomic mass is 9.86. The van der Waals surface area contributed by atoms with Gasteiger partial charge in [-0.15, -0.1) is 0 Å². The molecule has 19 heavy (non-hydrogen) atoms. The van der Waals surface area contributed by atoms with E-state index in [4.69, 9.17) is 9.47 Å². The first kappa shape index (κ1) is 15.5. The van der Waals surface area contributed by atoms with Gasteiger partial charge in [0.05, 0.1) is 6.61 Å². The van der Waals surface area contributed by atoms with E-state index in [0.717, 1.165) is 20.8 Å². The molecule has 1 N–H and O–H groups in total. The van der Waals surface area contributed by atoms with Crippen molar-refractivity contribution in [2.75, 3.05) is 6.61 Å². The summed E-state index contributed by atoms with van der Waals surface area (Å²) in [6.45, 7) is 2.59. The maximum Gasteiger partial charge on any atom is 0.303 e. The third-order valence-corrected chi connectivity index (χ3v) is 2.70. The van der Waals surface area contributed by atoms with Crippen LogP contribution in [0.4, 0.5) is 4.39 Å². The normalized spacial score (nSPS) is 34.5. The zero-order valence-electron chi connectivity index (χ0n) is 10.7. The maximum atomic E-state index is 13.7. The van der Waals surface area contributed by atoms with Gasteiger partial charge in [-0.25, -0.2) is 4.39 Å². The summed E-state index contributed by atoms with van der Waals surface area (Å²) < 4.78 is 27.8. The topological polar surface area (TPSA) is 99.1 Å². The van der Waals surface area contributed by atoms with Crippen molar-refractivity contribution >= 4 is 17.7 Å². The molecule has 0 bridgehead atoms. The number of hydrogen-bond acceptors (Lipinski definition) is 7. The summed E-state index contributed by atoms with van der Waals surface area (Å²) >= 11 is 0. The number of carbonyl (C=O) groups is 3. The van der Waals surface area contributed by atoms with E-state index in [1.807, 2.05) is 0 Å². The highest BCUT2D eigenvalue weighted by molar-refractivity contribution is 5.86. The van der Waals surface area contributed by atoms with Crippen molar-refractivity contribution in [2.45, 2.75) is 44.9 Å². The Bertz CT molecular complexity index is 397. The predicted molar refractivity (Wildman–Crippen MR) is 57.6 cm³/mol. The Kier molecular flexibility index (Phi) is 4.59. The summed E-state index contributed by atoms with van der Waals surface area (Å²) in [7, 11) is 0. The van der Waals surface area contributed by atoms with E-state index in [-0.39, 0.29) is 0 Å². The molecule has 0 saturated carbocycles. The zero-order valence-corrected chi connectivity index (χ0v) is 10.7. The summed E-state index contributed by atoms with van der Waals surface area (Å²) in [4.78, 5) is 33.4. The summed E-state index contributed by atoms with van der Waals surface area (Å²) in [5.74, 6) is -2.59. The number of aliphatic hydroxyl groups is 1. The number of esters is 2. The monoisotopic (exact) mass is 278 g/mol. The first-order valence-corrected chi connectivity index (χ1v) is 5.53. The number of ether oxygens (including phenoxy) is 3. The highest BCUT2D eigenvalue weighted by atomic mass is 19.1. The van der Waals surface area contributed by atoms with Gasteiger partial charge in [-0.1, -0.05) is 0 Å². The lowest BCUT2D eigenvalue weighted by Crippen LogP contribution is -2.66. The molecule has 0 radical (unpaired) electrons. The average Bonchev–Trinajstić information content (AvgIpc) is 2.27. The van der Waals surface area contributed by atoms with Gasteiger partial charge in [-0.2, -0.15) is 0 Å².